The van der Waals surface area contributed by atoms with E-state index in [4.69, 9.17) is 0 Å². The molecule has 4 bridgehead atoms. The highest BCUT2D eigenvalue weighted by atomic mass is 14.6. The van der Waals surface area contributed by atoms with Crippen LogP contribution in [0.15, 0.2) is 0 Å². The molecule has 3 unspecified atom stereocenters. The molecule has 0 radical (unpaired) electrons. The van der Waals surface area contributed by atoms with E-state index in [9.17, 15) is 0 Å². The average molecular weight is 248 g/mol. The van der Waals surface area contributed by atoms with Crippen molar-refractivity contribution < 1.29 is 0 Å². The van der Waals surface area contributed by atoms with Gasteiger partial charge in [0.2, 0.25) is 0 Å². The molecule has 18 heavy (non-hydrogen) atoms. The SMILES string of the molecule is CC(C)C12CC(C1)C2.CC(C)C1CC2CCC1C2. The molecule has 0 aromatic rings. The Hall–Kier alpha value is 0. The summed E-state index contributed by atoms with van der Waals surface area (Å²) in [6.45, 7) is 9.53. The molecule has 0 amide bonds. The summed E-state index contributed by atoms with van der Waals surface area (Å²) in [5.74, 6) is 6.45. The third-order valence-corrected chi connectivity index (χ3v) is 6.96. The van der Waals surface area contributed by atoms with Crippen molar-refractivity contribution >= 4 is 0 Å². The maximum Gasteiger partial charge on any atom is -0.0267 e. The summed E-state index contributed by atoms with van der Waals surface area (Å²) in [6.07, 6.45) is 10.9. The highest BCUT2D eigenvalue weighted by molar-refractivity contribution is 5.07. The number of hydrogen-bond donors (Lipinski definition) is 0. The van der Waals surface area contributed by atoms with Gasteiger partial charge < -0.3 is 0 Å². The molecule has 5 fully saturated rings. The van der Waals surface area contributed by atoms with Gasteiger partial charge in [0.1, 0.15) is 0 Å². The molecule has 0 heterocycles. The molecule has 0 aliphatic heterocycles. The molecule has 0 N–H and O–H groups in total. The molecule has 0 saturated heterocycles. The second-order valence-electron chi connectivity index (χ2n) is 8.58. The van der Waals surface area contributed by atoms with Gasteiger partial charge >= 0.3 is 0 Å². The maximum absolute atomic E-state index is 2.39. The van der Waals surface area contributed by atoms with Crippen molar-refractivity contribution in [3.05, 3.63) is 0 Å². The molecule has 0 aromatic heterocycles. The van der Waals surface area contributed by atoms with E-state index in [0.29, 0.717) is 0 Å². The fraction of sp³-hybridized carbons (Fsp3) is 1.00. The van der Waals surface area contributed by atoms with Gasteiger partial charge in [-0.15, -0.1) is 0 Å². The van der Waals surface area contributed by atoms with Crippen molar-refractivity contribution in [2.24, 2.45) is 40.9 Å². The lowest BCUT2D eigenvalue weighted by Crippen LogP contribution is -2.54. The first-order chi connectivity index (χ1) is 8.50. The summed E-state index contributed by atoms with van der Waals surface area (Å²) in [5.41, 5.74) is 0.866. The van der Waals surface area contributed by atoms with Crippen molar-refractivity contribution in [3.63, 3.8) is 0 Å². The van der Waals surface area contributed by atoms with Crippen molar-refractivity contribution in [1.29, 1.82) is 0 Å². The van der Waals surface area contributed by atoms with E-state index in [0.717, 1.165) is 40.9 Å². The van der Waals surface area contributed by atoms with Gasteiger partial charge in [-0.25, -0.2) is 0 Å². The zero-order valence-corrected chi connectivity index (χ0v) is 12.9. The first-order valence-corrected chi connectivity index (χ1v) is 8.50. The first-order valence-electron chi connectivity index (χ1n) is 8.50. The minimum Gasteiger partial charge on any atom is -0.0625 e. The summed E-state index contributed by atoms with van der Waals surface area (Å²) < 4.78 is 0. The fourth-order valence-corrected chi connectivity index (χ4v) is 5.36. The Morgan fingerprint density at radius 2 is 1.50 bits per heavy atom. The Morgan fingerprint density at radius 1 is 0.833 bits per heavy atom. The Kier molecular flexibility index (Phi) is 3.27. The molecular formula is C18H32. The van der Waals surface area contributed by atoms with Gasteiger partial charge in [-0.2, -0.15) is 0 Å². The first kappa shape index (κ1) is 13.0. The predicted molar refractivity (Wildman–Crippen MR) is 78.4 cm³/mol. The van der Waals surface area contributed by atoms with Crippen molar-refractivity contribution in [3.8, 4) is 0 Å². The second-order valence-corrected chi connectivity index (χ2v) is 8.58. The van der Waals surface area contributed by atoms with Crippen LogP contribution in [0.4, 0.5) is 0 Å². The molecule has 5 rings (SSSR count). The van der Waals surface area contributed by atoms with Gasteiger partial charge in [0.15, 0.2) is 0 Å². The molecule has 3 atom stereocenters. The molecule has 0 aromatic carbocycles. The third-order valence-electron chi connectivity index (χ3n) is 6.96. The van der Waals surface area contributed by atoms with E-state index in [2.05, 4.69) is 27.7 Å². The monoisotopic (exact) mass is 248 g/mol. The minimum absolute atomic E-state index is 0.866. The van der Waals surface area contributed by atoms with Gasteiger partial charge in [0.05, 0.1) is 0 Å². The van der Waals surface area contributed by atoms with Crippen molar-refractivity contribution in [2.75, 3.05) is 0 Å². The van der Waals surface area contributed by atoms with Crippen LogP contribution in [0, 0.1) is 40.9 Å². The zero-order valence-electron chi connectivity index (χ0n) is 12.9. The van der Waals surface area contributed by atoms with E-state index < -0.39 is 0 Å². The summed E-state index contributed by atoms with van der Waals surface area (Å²) in [5, 5.41) is 0. The van der Waals surface area contributed by atoms with Crippen LogP contribution in [0.25, 0.3) is 0 Å². The molecular weight excluding hydrogens is 216 g/mol. The smallest absolute Gasteiger partial charge is 0.0267 e. The Bertz CT molecular complexity index is 284. The molecule has 0 heteroatoms. The van der Waals surface area contributed by atoms with Crippen LogP contribution in [0.2, 0.25) is 0 Å². The lowest BCUT2D eigenvalue weighted by molar-refractivity contribution is -0.141. The number of hydrogen-bond acceptors (Lipinski definition) is 0. The molecule has 104 valence electrons. The van der Waals surface area contributed by atoms with Crippen LogP contribution < -0.4 is 0 Å². The van der Waals surface area contributed by atoms with E-state index in [1.54, 1.807) is 44.9 Å². The standard InChI is InChI=1S/C10H18.C8H14/c1-7(2)10-6-8-3-4-9(10)5-8;1-6(2)8-3-7(4-8)5-8/h7-10H,3-6H2,1-2H3;6-7H,3-5H2,1-2H3. The van der Waals surface area contributed by atoms with E-state index in [1.165, 1.54) is 0 Å². The zero-order chi connectivity index (χ0) is 12.9. The lowest BCUT2D eigenvalue weighted by atomic mass is 9.41. The minimum atomic E-state index is 0.866. The Balaban J connectivity index is 0.000000114. The quantitative estimate of drug-likeness (QED) is 0.603. The molecule has 0 nitrogen and oxygen atoms in total. The largest absolute Gasteiger partial charge is 0.0625 e. The maximum atomic E-state index is 2.39. The molecule has 0 spiro atoms. The van der Waals surface area contributed by atoms with Crippen LogP contribution >= 0.6 is 0 Å². The van der Waals surface area contributed by atoms with Crippen LogP contribution in [-0.4, -0.2) is 0 Å². The van der Waals surface area contributed by atoms with Crippen LogP contribution in [0.5, 0.6) is 0 Å². The second kappa shape index (κ2) is 4.53. The van der Waals surface area contributed by atoms with Gasteiger partial charge in [-0.1, -0.05) is 34.1 Å². The van der Waals surface area contributed by atoms with Gasteiger partial charge in [-0.3, -0.25) is 0 Å². The summed E-state index contributed by atoms with van der Waals surface area (Å²) >= 11 is 0. The Morgan fingerprint density at radius 3 is 1.67 bits per heavy atom. The average Bonchev–Trinajstić information content (AvgIpc) is 2.72. The van der Waals surface area contributed by atoms with Gasteiger partial charge in [-0.05, 0) is 79.4 Å². The van der Waals surface area contributed by atoms with Gasteiger partial charge in [0.25, 0.3) is 0 Å². The number of rotatable bonds is 2. The van der Waals surface area contributed by atoms with Crippen LogP contribution in [-0.2, 0) is 0 Å². The highest BCUT2D eigenvalue weighted by Crippen LogP contribution is 2.67. The summed E-state index contributed by atoms with van der Waals surface area (Å²) in [7, 11) is 0. The Labute approximate surface area is 114 Å². The van der Waals surface area contributed by atoms with E-state index >= 15 is 0 Å². The van der Waals surface area contributed by atoms with E-state index in [-0.39, 0.29) is 0 Å². The number of fused-ring (bicyclic) bond motifs is 2. The molecule has 5 saturated carbocycles. The molecule has 5 aliphatic rings. The van der Waals surface area contributed by atoms with Crippen LogP contribution in [0.3, 0.4) is 0 Å². The summed E-state index contributed by atoms with van der Waals surface area (Å²) in [6, 6.07) is 0. The third kappa shape index (κ3) is 2.04. The highest BCUT2D eigenvalue weighted by Gasteiger charge is 2.57. The van der Waals surface area contributed by atoms with Crippen molar-refractivity contribution in [2.45, 2.75) is 72.6 Å². The summed E-state index contributed by atoms with van der Waals surface area (Å²) in [4.78, 5) is 0. The normalized spacial score (nSPS) is 47.7. The topological polar surface area (TPSA) is 0 Å². The van der Waals surface area contributed by atoms with Gasteiger partial charge in [0, 0.05) is 0 Å². The van der Waals surface area contributed by atoms with E-state index in [1.807, 2.05) is 0 Å². The fourth-order valence-electron chi connectivity index (χ4n) is 5.36. The van der Waals surface area contributed by atoms with Crippen LogP contribution in [0.1, 0.15) is 72.6 Å². The lowest BCUT2D eigenvalue weighted by Gasteiger charge is -2.64. The predicted octanol–water partition coefficient (Wildman–Crippen LogP) is 5.52. The van der Waals surface area contributed by atoms with Crippen molar-refractivity contribution in [1.82, 2.24) is 0 Å². The molecule has 5 aliphatic carbocycles.